The first-order valence-corrected chi connectivity index (χ1v) is 8.93. The standard InChI is InChI=1S/C19H23FN6O2/c1-11-5-6-12(9-14(11)20)16(27)21-7-8-22-18-24-15-13(17(28)25-18)10-23-26(15)19(2,3)4/h5-6,9-10H,7-8H2,1-4H3,(H,21,27)(H2,22,24,25,28). The van der Waals surface area contributed by atoms with Gasteiger partial charge in [0.2, 0.25) is 5.95 Å². The largest absolute Gasteiger partial charge is 0.354 e. The van der Waals surface area contributed by atoms with Crippen molar-refractivity contribution in [2.75, 3.05) is 18.4 Å². The van der Waals surface area contributed by atoms with Gasteiger partial charge in [-0.1, -0.05) is 6.07 Å². The van der Waals surface area contributed by atoms with Gasteiger partial charge < -0.3 is 10.6 Å². The molecule has 148 valence electrons. The number of benzene rings is 1. The van der Waals surface area contributed by atoms with Crippen molar-refractivity contribution in [3.8, 4) is 0 Å². The predicted octanol–water partition coefficient (Wildman–Crippen LogP) is 2.16. The van der Waals surface area contributed by atoms with Crippen molar-refractivity contribution < 1.29 is 9.18 Å². The maximum absolute atomic E-state index is 13.6. The van der Waals surface area contributed by atoms with E-state index in [4.69, 9.17) is 0 Å². The molecule has 2 heterocycles. The van der Waals surface area contributed by atoms with Crippen LogP contribution in [0.4, 0.5) is 10.3 Å². The first-order chi connectivity index (χ1) is 13.2. The van der Waals surface area contributed by atoms with Gasteiger partial charge in [-0.05, 0) is 45.4 Å². The molecule has 3 N–H and O–H groups in total. The van der Waals surface area contributed by atoms with E-state index in [1.807, 2.05) is 20.8 Å². The SMILES string of the molecule is Cc1ccc(C(=O)NCCNc2nc3c(cnn3C(C)(C)C)c(=O)[nH]2)cc1F. The second-order valence-electron chi connectivity index (χ2n) is 7.53. The summed E-state index contributed by atoms with van der Waals surface area (Å²) in [6.07, 6.45) is 1.50. The summed E-state index contributed by atoms with van der Waals surface area (Å²) in [5, 5.41) is 10.3. The minimum Gasteiger partial charge on any atom is -0.354 e. The van der Waals surface area contributed by atoms with E-state index < -0.39 is 5.82 Å². The Kier molecular flexibility index (Phi) is 5.17. The highest BCUT2D eigenvalue weighted by atomic mass is 19.1. The average Bonchev–Trinajstić information content (AvgIpc) is 3.06. The van der Waals surface area contributed by atoms with E-state index in [9.17, 15) is 14.0 Å². The summed E-state index contributed by atoms with van der Waals surface area (Å²) in [5.41, 5.74) is 0.611. The lowest BCUT2D eigenvalue weighted by Crippen LogP contribution is -2.29. The van der Waals surface area contributed by atoms with Crippen molar-refractivity contribution >= 4 is 22.9 Å². The lowest BCUT2D eigenvalue weighted by Gasteiger charge is -2.19. The second-order valence-corrected chi connectivity index (χ2v) is 7.53. The number of halogens is 1. The molecule has 0 aliphatic rings. The number of nitrogens with one attached hydrogen (secondary N) is 3. The summed E-state index contributed by atoms with van der Waals surface area (Å²) in [7, 11) is 0. The van der Waals surface area contributed by atoms with Crippen molar-refractivity contribution in [1.29, 1.82) is 0 Å². The van der Waals surface area contributed by atoms with Crippen LogP contribution >= 0.6 is 0 Å². The molecule has 0 saturated heterocycles. The molecule has 1 aromatic carbocycles. The summed E-state index contributed by atoms with van der Waals surface area (Å²) in [6.45, 7) is 8.15. The summed E-state index contributed by atoms with van der Waals surface area (Å²) in [4.78, 5) is 31.4. The van der Waals surface area contributed by atoms with Crippen LogP contribution in [-0.4, -0.2) is 38.7 Å². The molecule has 3 rings (SSSR count). The lowest BCUT2D eigenvalue weighted by atomic mass is 10.1. The van der Waals surface area contributed by atoms with E-state index >= 15 is 0 Å². The normalized spacial score (nSPS) is 11.6. The van der Waals surface area contributed by atoms with Crippen LogP contribution in [0, 0.1) is 12.7 Å². The number of aryl methyl sites for hydroxylation is 1. The fourth-order valence-corrected chi connectivity index (χ4v) is 2.69. The minimum absolute atomic E-state index is 0.255. The summed E-state index contributed by atoms with van der Waals surface area (Å²) >= 11 is 0. The van der Waals surface area contributed by atoms with Crippen molar-refractivity contribution in [1.82, 2.24) is 25.1 Å². The Morgan fingerprint density at radius 3 is 2.71 bits per heavy atom. The van der Waals surface area contributed by atoms with Crippen LogP contribution in [0.2, 0.25) is 0 Å². The topological polar surface area (TPSA) is 105 Å². The van der Waals surface area contributed by atoms with E-state index in [-0.39, 0.29) is 29.1 Å². The van der Waals surface area contributed by atoms with Crippen LogP contribution in [0.3, 0.4) is 0 Å². The number of aromatic amines is 1. The molecular weight excluding hydrogens is 363 g/mol. The van der Waals surface area contributed by atoms with Crippen molar-refractivity contribution in [2.24, 2.45) is 0 Å². The number of fused-ring (bicyclic) bond motifs is 1. The molecule has 0 spiro atoms. The maximum atomic E-state index is 13.6. The molecule has 0 atom stereocenters. The minimum atomic E-state index is -0.420. The highest BCUT2D eigenvalue weighted by molar-refractivity contribution is 5.94. The Morgan fingerprint density at radius 1 is 1.29 bits per heavy atom. The second kappa shape index (κ2) is 7.41. The Labute approximate surface area is 161 Å². The Bertz CT molecular complexity index is 1080. The maximum Gasteiger partial charge on any atom is 0.263 e. The van der Waals surface area contributed by atoms with Gasteiger partial charge in [0.1, 0.15) is 11.2 Å². The van der Waals surface area contributed by atoms with E-state index in [1.165, 1.54) is 12.3 Å². The molecule has 0 radical (unpaired) electrons. The number of hydrogen-bond donors (Lipinski definition) is 3. The third kappa shape index (κ3) is 4.03. The molecule has 0 aliphatic heterocycles. The zero-order chi connectivity index (χ0) is 20.5. The van der Waals surface area contributed by atoms with Gasteiger partial charge in [0.05, 0.1) is 11.7 Å². The number of carbonyl (C=O) groups excluding carboxylic acids is 1. The van der Waals surface area contributed by atoms with Gasteiger partial charge in [-0.25, -0.2) is 9.07 Å². The summed E-state index contributed by atoms with van der Waals surface area (Å²) < 4.78 is 15.3. The van der Waals surface area contributed by atoms with Gasteiger partial charge in [0, 0.05) is 18.7 Å². The number of carbonyl (C=O) groups is 1. The lowest BCUT2D eigenvalue weighted by molar-refractivity contribution is 0.0954. The molecule has 28 heavy (non-hydrogen) atoms. The summed E-state index contributed by atoms with van der Waals surface area (Å²) in [5.74, 6) is -0.501. The van der Waals surface area contributed by atoms with E-state index in [0.29, 0.717) is 29.1 Å². The fraction of sp³-hybridized carbons (Fsp3) is 0.368. The van der Waals surface area contributed by atoms with Crippen LogP contribution in [0.5, 0.6) is 0 Å². The molecule has 3 aromatic rings. The predicted molar refractivity (Wildman–Crippen MR) is 105 cm³/mol. The number of amides is 1. The highest BCUT2D eigenvalue weighted by Gasteiger charge is 2.19. The van der Waals surface area contributed by atoms with Crippen LogP contribution in [0.25, 0.3) is 11.0 Å². The number of anilines is 1. The van der Waals surface area contributed by atoms with Crippen LogP contribution in [0.15, 0.2) is 29.2 Å². The smallest absolute Gasteiger partial charge is 0.263 e. The fourth-order valence-electron chi connectivity index (χ4n) is 2.69. The third-order valence-corrected chi connectivity index (χ3v) is 4.21. The number of aromatic nitrogens is 4. The Morgan fingerprint density at radius 2 is 2.04 bits per heavy atom. The molecule has 2 aromatic heterocycles. The quantitative estimate of drug-likeness (QED) is 0.583. The zero-order valence-electron chi connectivity index (χ0n) is 16.3. The molecule has 0 fully saturated rings. The van der Waals surface area contributed by atoms with E-state index in [0.717, 1.165) is 0 Å². The van der Waals surface area contributed by atoms with Crippen LogP contribution in [0.1, 0.15) is 36.7 Å². The van der Waals surface area contributed by atoms with E-state index in [2.05, 4.69) is 25.7 Å². The van der Waals surface area contributed by atoms with Gasteiger partial charge >= 0.3 is 0 Å². The molecule has 0 aliphatic carbocycles. The molecule has 1 amide bonds. The number of nitrogens with zero attached hydrogens (tertiary/aromatic N) is 3. The molecular formula is C19H23FN6O2. The average molecular weight is 386 g/mol. The van der Waals surface area contributed by atoms with E-state index in [1.54, 1.807) is 23.7 Å². The summed E-state index contributed by atoms with van der Waals surface area (Å²) in [6, 6.07) is 4.34. The van der Waals surface area contributed by atoms with Gasteiger partial charge in [0.25, 0.3) is 11.5 Å². The van der Waals surface area contributed by atoms with Crippen molar-refractivity contribution in [2.45, 2.75) is 33.2 Å². The van der Waals surface area contributed by atoms with Crippen LogP contribution in [-0.2, 0) is 5.54 Å². The molecule has 8 nitrogen and oxygen atoms in total. The van der Waals surface area contributed by atoms with Gasteiger partial charge in [-0.2, -0.15) is 10.1 Å². The van der Waals surface area contributed by atoms with Gasteiger partial charge in [-0.3, -0.25) is 14.6 Å². The Balaban J connectivity index is 1.64. The zero-order valence-corrected chi connectivity index (χ0v) is 16.3. The molecule has 9 heteroatoms. The number of H-pyrrole nitrogens is 1. The van der Waals surface area contributed by atoms with Gasteiger partial charge in [0.15, 0.2) is 5.65 Å². The van der Waals surface area contributed by atoms with Crippen molar-refractivity contribution in [3.63, 3.8) is 0 Å². The molecule has 0 unspecified atom stereocenters. The molecule has 0 saturated carbocycles. The first-order valence-electron chi connectivity index (χ1n) is 8.93. The van der Waals surface area contributed by atoms with Crippen molar-refractivity contribution in [3.05, 3.63) is 51.7 Å². The van der Waals surface area contributed by atoms with Crippen LogP contribution < -0.4 is 16.2 Å². The Hall–Kier alpha value is -3.23. The monoisotopic (exact) mass is 386 g/mol. The highest BCUT2D eigenvalue weighted by Crippen LogP contribution is 2.18. The number of hydrogen-bond acceptors (Lipinski definition) is 5. The first kappa shape index (κ1) is 19.5. The number of rotatable bonds is 5. The van der Waals surface area contributed by atoms with Gasteiger partial charge in [-0.15, -0.1) is 0 Å². The molecule has 0 bridgehead atoms. The third-order valence-electron chi connectivity index (χ3n) is 4.21.